The SMILES string of the molecule is C=C(C)C(C(=O)OC(Cl)C(Cl)Cl)N1CC(NC(=O)C(Cl)(Cl)Cl)C1=O. The van der Waals surface area contributed by atoms with Gasteiger partial charge in [-0.1, -0.05) is 76.2 Å². The number of β-lactam (4-membered cyclic amide) rings is 1. The van der Waals surface area contributed by atoms with Crippen LogP contribution in [0.15, 0.2) is 12.2 Å². The molecule has 0 aromatic rings. The summed E-state index contributed by atoms with van der Waals surface area (Å²) in [5.41, 5.74) is -0.969. The Hall–Kier alpha value is -0.110. The number of esters is 1. The maximum absolute atomic E-state index is 12.1. The molecule has 2 amide bonds. The number of likely N-dealkylation sites (tertiary alicyclic amines) is 1. The third kappa shape index (κ3) is 5.44. The van der Waals surface area contributed by atoms with E-state index >= 15 is 0 Å². The number of nitrogens with zero attached hydrogens (tertiary/aromatic N) is 1. The fourth-order valence-electron chi connectivity index (χ4n) is 1.85. The first-order valence-electron chi connectivity index (χ1n) is 6.32. The molecule has 3 atom stereocenters. The van der Waals surface area contributed by atoms with Crippen LogP contribution in [0.3, 0.4) is 0 Å². The third-order valence-electron chi connectivity index (χ3n) is 2.95. The summed E-state index contributed by atoms with van der Waals surface area (Å²) < 4.78 is 2.67. The largest absolute Gasteiger partial charge is 0.441 e. The first kappa shape index (κ1) is 21.9. The average molecular weight is 461 g/mol. The van der Waals surface area contributed by atoms with Crippen LogP contribution in [0.1, 0.15) is 6.92 Å². The lowest BCUT2D eigenvalue weighted by atomic mass is 10.00. The van der Waals surface area contributed by atoms with Gasteiger partial charge < -0.3 is 15.0 Å². The number of alkyl halides is 6. The van der Waals surface area contributed by atoms with Crippen LogP contribution >= 0.6 is 69.6 Å². The molecule has 0 aromatic carbocycles. The van der Waals surface area contributed by atoms with Gasteiger partial charge in [-0.05, 0) is 12.5 Å². The summed E-state index contributed by atoms with van der Waals surface area (Å²) in [6, 6.07) is -2.03. The molecule has 1 aliphatic heterocycles. The maximum atomic E-state index is 12.1. The van der Waals surface area contributed by atoms with Gasteiger partial charge in [0, 0.05) is 0 Å². The summed E-state index contributed by atoms with van der Waals surface area (Å²) in [7, 11) is 0. The van der Waals surface area contributed by atoms with Crippen molar-refractivity contribution < 1.29 is 19.1 Å². The van der Waals surface area contributed by atoms with E-state index in [2.05, 4.69) is 11.9 Å². The molecule has 1 saturated heterocycles. The normalized spacial score (nSPS) is 20.2. The van der Waals surface area contributed by atoms with E-state index in [1.165, 1.54) is 6.92 Å². The highest BCUT2D eigenvalue weighted by molar-refractivity contribution is 6.76. The minimum atomic E-state index is -2.20. The van der Waals surface area contributed by atoms with Gasteiger partial charge in [-0.2, -0.15) is 0 Å². The summed E-state index contributed by atoms with van der Waals surface area (Å²) in [6.45, 7) is 5.16. The zero-order chi connectivity index (χ0) is 18.8. The van der Waals surface area contributed by atoms with Crippen molar-refractivity contribution in [2.45, 2.75) is 33.2 Å². The molecule has 1 aliphatic rings. The predicted molar refractivity (Wildman–Crippen MR) is 93.8 cm³/mol. The minimum Gasteiger partial charge on any atom is -0.441 e. The van der Waals surface area contributed by atoms with Crippen LogP contribution in [0, 0.1) is 0 Å². The molecule has 0 saturated carbocycles. The summed E-state index contributed by atoms with van der Waals surface area (Å²) in [4.78, 5) is 35.8. The standard InChI is InChI=1S/C12H12Cl6N2O4/c1-4(2)6(10(22)24-8(15)7(13)14)20-3-5(9(20)21)19-11(23)12(16,17)18/h5-8H,1,3H2,2H3,(H,19,23). The number of carbonyl (C=O) groups is 3. The van der Waals surface area contributed by atoms with Crippen molar-refractivity contribution in [3.05, 3.63) is 12.2 Å². The number of halogens is 6. The molecule has 0 aromatic heterocycles. The second-order valence-electron chi connectivity index (χ2n) is 4.89. The second-order valence-corrected chi connectivity index (χ2v) is 8.76. The number of amides is 2. The highest BCUT2D eigenvalue weighted by atomic mass is 35.6. The van der Waals surface area contributed by atoms with E-state index in [4.69, 9.17) is 74.3 Å². The Labute approximate surface area is 168 Å². The minimum absolute atomic E-state index is 0.00389. The molecule has 24 heavy (non-hydrogen) atoms. The Kier molecular flexibility index (Phi) is 7.78. The van der Waals surface area contributed by atoms with Crippen LogP contribution in [0.25, 0.3) is 0 Å². The predicted octanol–water partition coefficient (Wildman–Crippen LogP) is 2.54. The second kappa shape index (κ2) is 8.52. The van der Waals surface area contributed by atoms with Crippen LogP contribution in [-0.2, 0) is 19.1 Å². The van der Waals surface area contributed by atoms with Crippen molar-refractivity contribution in [2.24, 2.45) is 0 Å². The molecular weight excluding hydrogens is 449 g/mol. The van der Waals surface area contributed by atoms with Crippen molar-refractivity contribution in [1.82, 2.24) is 10.2 Å². The number of nitrogens with one attached hydrogen (secondary N) is 1. The van der Waals surface area contributed by atoms with Crippen molar-refractivity contribution in [2.75, 3.05) is 6.54 Å². The Bertz CT molecular complexity index is 550. The topological polar surface area (TPSA) is 75.7 Å². The summed E-state index contributed by atoms with van der Waals surface area (Å²) in [5, 5.41) is 2.25. The van der Waals surface area contributed by atoms with Crippen LogP contribution in [0.2, 0.25) is 0 Å². The molecule has 12 heteroatoms. The summed E-state index contributed by atoms with van der Waals surface area (Å²) >= 11 is 32.9. The van der Waals surface area contributed by atoms with E-state index in [1.54, 1.807) is 0 Å². The molecule has 1 rings (SSSR count). The lowest BCUT2D eigenvalue weighted by Gasteiger charge is -2.43. The van der Waals surface area contributed by atoms with Gasteiger partial charge in [0.2, 0.25) is 11.5 Å². The lowest BCUT2D eigenvalue weighted by Crippen LogP contribution is -2.68. The van der Waals surface area contributed by atoms with Gasteiger partial charge in [0.25, 0.3) is 9.70 Å². The first-order chi connectivity index (χ1) is 10.9. The molecule has 0 radical (unpaired) electrons. The van der Waals surface area contributed by atoms with Crippen molar-refractivity contribution in [3.8, 4) is 0 Å². The number of carbonyl (C=O) groups excluding carboxylic acids is 3. The molecule has 0 spiro atoms. The fraction of sp³-hybridized carbons (Fsp3) is 0.583. The van der Waals surface area contributed by atoms with Crippen LogP contribution in [-0.4, -0.2) is 55.5 Å². The molecule has 0 aliphatic carbocycles. The molecule has 6 nitrogen and oxygen atoms in total. The van der Waals surface area contributed by atoms with E-state index < -0.39 is 44.1 Å². The van der Waals surface area contributed by atoms with Crippen LogP contribution < -0.4 is 5.32 Å². The van der Waals surface area contributed by atoms with Gasteiger partial charge in [0.1, 0.15) is 6.04 Å². The highest BCUT2D eigenvalue weighted by Crippen LogP contribution is 2.28. The van der Waals surface area contributed by atoms with Crippen molar-refractivity contribution in [1.29, 1.82) is 0 Å². The maximum Gasteiger partial charge on any atom is 0.334 e. The van der Waals surface area contributed by atoms with E-state index in [-0.39, 0.29) is 6.54 Å². The van der Waals surface area contributed by atoms with Crippen LogP contribution in [0.5, 0.6) is 0 Å². The number of hydrogen-bond donors (Lipinski definition) is 1. The molecule has 1 N–H and O–H groups in total. The van der Waals surface area contributed by atoms with Gasteiger partial charge in [-0.3, -0.25) is 9.59 Å². The van der Waals surface area contributed by atoms with Gasteiger partial charge in [0.15, 0.2) is 10.9 Å². The van der Waals surface area contributed by atoms with E-state index in [9.17, 15) is 14.4 Å². The quantitative estimate of drug-likeness (QED) is 0.286. The number of rotatable bonds is 6. The van der Waals surface area contributed by atoms with Gasteiger partial charge in [-0.25, -0.2) is 4.79 Å². The monoisotopic (exact) mass is 458 g/mol. The molecule has 136 valence electrons. The Morgan fingerprint density at radius 1 is 1.33 bits per heavy atom. The van der Waals surface area contributed by atoms with Crippen molar-refractivity contribution >= 4 is 87.4 Å². The summed E-state index contributed by atoms with van der Waals surface area (Å²) in [6.07, 6.45) is 0. The zero-order valence-corrected chi connectivity index (χ0v) is 16.6. The van der Waals surface area contributed by atoms with Gasteiger partial charge in [-0.15, -0.1) is 0 Å². The number of ether oxygens (including phenoxy) is 1. The molecule has 3 unspecified atom stereocenters. The molecule has 1 heterocycles. The number of hydrogen-bond acceptors (Lipinski definition) is 4. The first-order valence-corrected chi connectivity index (χ1v) is 8.76. The van der Waals surface area contributed by atoms with Gasteiger partial charge in [0.05, 0.1) is 6.54 Å². The zero-order valence-electron chi connectivity index (χ0n) is 12.1. The van der Waals surface area contributed by atoms with Crippen LogP contribution in [0.4, 0.5) is 0 Å². The highest BCUT2D eigenvalue weighted by Gasteiger charge is 2.47. The fourth-order valence-corrected chi connectivity index (χ4v) is 2.21. The van der Waals surface area contributed by atoms with E-state index in [0.29, 0.717) is 5.57 Å². The average Bonchev–Trinajstić information content (AvgIpc) is 2.43. The smallest absolute Gasteiger partial charge is 0.334 e. The molecule has 1 fully saturated rings. The van der Waals surface area contributed by atoms with E-state index in [0.717, 1.165) is 4.90 Å². The van der Waals surface area contributed by atoms with Gasteiger partial charge >= 0.3 is 5.97 Å². The van der Waals surface area contributed by atoms with Crippen molar-refractivity contribution in [3.63, 3.8) is 0 Å². The summed E-state index contributed by atoms with van der Waals surface area (Å²) in [5.74, 6) is -2.37. The van der Waals surface area contributed by atoms with E-state index in [1.807, 2.05) is 0 Å². The Balaban J connectivity index is 2.73. The molecule has 0 bridgehead atoms. The lowest BCUT2D eigenvalue weighted by molar-refractivity contribution is -0.162. The Morgan fingerprint density at radius 3 is 2.25 bits per heavy atom. The Morgan fingerprint density at radius 2 is 1.88 bits per heavy atom. The third-order valence-corrected chi connectivity index (χ3v) is 4.52. The molecular formula is C12H12Cl6N2O4.